The van der Waals surface area contributed by atoms with E-state index in [9.17, 15) is 9.59 Å². The summed E-state index contributed by atoms with van der Waals surface area (Å²) in [7, 11) is 3.33. The first-order valence-electron chi connectivity index (χ1n) is 16.2. The molecule has 0 aliphatic carbocycles. The molecule has 2 heterocycles. The van der Waals surface area contributed by atoms with Crippen LogP contribution in [-0.4, -0.2) is 40.3 Å². The standard InChI is InChI=1S/C39H40N4O5/c1-26-24-33-34(25-27(26)2)43(36-35(40-33)37(44)42-38(45)41-36)22-10-5-6-11-23-48-39(28-12-8-7-9-13-28,29-14-18-31(46-3)19-15-29)30-16-20-32(47-4)21-17-30/h7-9,12-21,24-25H,5-6,10-11,22-23H2,1-4H3,(H,42,44,45). The number of rotatable bonds is 13. The number of benzene rings is 4. The molecule has 0 bridgehead atoms. The van der Waals surface area contributed by atoms with E-state index >= 15 is 0 Å². The molecule has 0 fully saturated rings. The summed E-state index contributed by atoms with van der Waals surface area (Å²) in [6.07, 6.45) is 3.51. The Labute approximate surface area is 279 Å². The van der Waals surface area contributed by atoms with Crippen LogP contribution < -0.4 is 20.7 Å². The molecule has 0 radical (unpaired) electrons. The Morgan fingerprint density at radius 1 is 0.708 bits per heavy atom. The lowest BCUT2D eigenvalue weighted by Crippen LogP contribution is -2.33. The van der Waals surface area contributed by atoms with Crippen LogP contribution >= 0.6 is 0 Å². The average molecular weight is 645 g/mol. The van der Waals surface area contributed by atoms with Gasteiger partial charge in [0.1, 0.15) is 17.1 Å². The van der Waals surface area contributed by atoms with Gasteiger partial charge in [-0.15, -0.1) is 0 Å². The Kier molecular flexibility index (Phi) is 9.68. The first kappa shape index (κ1) is 32.7. The second kappa shape index (κ2) is 14.2. The minimum Gasteiger partial charge on any atom is -0.497 e. The molecule has 6 rings (SSSR count). The van der Waals surface area contributed by atoms with Crippen molar-refractivity contribution in [2.75, 3.05) is 20.8 Å². The largest absolute Gasteiger partial charge is 0.497 e. The van der Waals surface area contributed by atoms with E-state index in [1.807, 2.05) is 66.9 Å². The molecule has 4 aromatic carbocycles. The van der Waals surface area contributed by atoms with Crippen molar-refractivity contribution in [3.05, 3.63) is 140 Å². The van der Waals surface area contributed by atoms with E-state index in [4.69, 9.17) is 14.2 Å². The molecule has 9 heteroatoms. The maximum absolute atomic E-state index is 12.7. The number of aromatic nitrogens is 4. The van der Waals surface area contributed by atoms with Gasteiger partial charge in [-0.05, 0) is 90.9 Å². The number of fused-ring (bicyclic) bond motifs is 2. The fourth-order valence-electron chi connectivity index (χ4n) is 6.30. The van der Waals surface area contributed by atoms with E-state index < -0.39 is 16.9 Å². The molecule has 2 aliphatic rings. The van der Waals surface area contributed by atoms with Crippen LogP contribution in [0.3, 0.4) is 0 Å². The Morgan fingerprint density at radius 2 is 1.29 bits per heavy atom. The fourth-order valence-corrected chi connectivity index (χ4v) is 6.30. The number of aryl methyl sites for hydroxylation is 3. The highest BCUT2D eigenvalue weighted by Crippen LogP contribution is 2.42. The molecular weight excluding hydrogens is 604 g/mol. The summed E-state index contributed by atoms with van der Waals surface area (Å²) in [6.45, 7) is 5.18. The maximum Gasteiger partial charge on any atom is 0.349 e. The summed E-state index contributed by atoms with van der Waals surface area (Å²) in [5.41, 5.74) is 4.92. The van der Waals surface area contributed by atoms with Crippen molar-refractivity contribution < 1.29 is 14.2 Å². The first-order chi connectivity index (χ1) is 23.3. The number of unbranched alkanes of at least 4 members (excludes halogenated alkanes) is 3. The van der Waals surface area contributed by atoms with Gasteiger partial charge in [-0.25, -0.2) is 9.78 Å². The molecule has 0 spiro atoms. The number of nitrogens with one attached hydrogen (secondary N) is 1. The molecule has 48 heavy (non-hydrogen) atoms. The van der Waals surface area contributed by atoms with E-state index in [1.165, 1.54) is 0 Å². The van der Waals surface area contributed by atoms with Crippen LogP contribution in [0.15, 0.2) is 101 Å². The molecule has 2 aliphatic heterocycles. The van der Waals surface area contributed by atoms with Crippen LogP contribution in [0.4, 0.5) is 0 Å². The SMILES string of the molecule is COc1ccc(C(OCCCCCCn2c3nc(=O)[nH]c(=O)c-3nc3cc(C)c(C)cc32)(c2ccccc2)c2ccc(OC)cc2)cc1. The van der Waals surface area contributed by atoms with Crippen molar-refractivity contribution in [2.24, 2.45) is 0 Å². The zero-order chi connectivity index (χ0) is 33.7. The molecule has 1 N–H and O–H groups in total. The Hall–Kier alpha value is -5.28. The molecule has 0 saturated carbocycles. The lowest BCUT2D eigenvalue weighted by molar-refractivity contribution is 0.0106. The minimum absolute atomic E-state index is 0.174. The van der Waals surface area contributed by atoms with E-state index in [-0.39, 0.29) is 5.69 Å². The summed E-state index contributed by atoms with van der Waals surface area (Å²) in [5.74, 6) is 1.87. The second-order valence-corrected chi connectivity index (χ2v) is 12.0. The molecule has 0 amide bonds. The number of aromatic amines is 1. The Morgan fingerprint density at radius 3 is 1.92 bits per heavy atom. The van der Waals surface area contributed by atoms with Crippen LogP contribution in [-0.2, 0) is 16.9 Å². The van der Waals surface area contributed by atoms with Gasteiger partial charge in [0, 0.05) is 13.2 Å². The van der Waals surface area contributed by atoms with Crippen LogP contribution in [0.1, 0.15) is 53.5 Å². The van der Waals surface area contributed by atoms with Crippen LogP contribution in [0.25, 0.3) is 22.6 Å². The topological polar surface area (TPSA) is 108 Å². The number of hydrogen-bond acceptors (Lipinski definition) is 7. The summed E-state index contributed by atoms with van der Waals surface area (Å²) in [6, 6.07) is 30.4. The highest BCUT2D eigenvalue weighted by molar-refractivity contribution is 5.81. The van der Waals surface area contributed by atoms with Crippen molar-refractivity contribution in [1.29, 1.82) is 0 Å². The zero-order valence-electron chi connectivity index (χ0n) is 27.8. The first-order valence-corrected chi connectivity index (χ1v) is 16.2. The lowest BCUT2D eigenvalue weighted by Gasteiger charge is -2.36. The van der Waals surface area contributed by atoms with E-state index in [1.54, 1.807) is 14.2 Å². The summed E-state index contributed by atoms with van der Waals surface area (Å²) in [5, 5.41) is 0. The Bertz CT molecular complexity index is 2040. The van der Waals surface area contributed by atoms with Gasteiger partial charge in [-0.1, -0.05) is 67.4 Å². The number of nitrogens with zero attached hydrogens (tertiary/aromatic N) is 3. The minimum atomic E-state index is -0.852. The van der Waals surface area contributed by atoms with Crippen molar-refractivity contribution >= 4 is 11.0 Å². The summed E-state index contributed by atoms with van der Waals surface area (Å²) >= 11 is 0. The molecule has 0 atom stereocenters. The number of methoxy groups -OCH3 is 2. The molecule has 9 nitrogen and oxygen atoms in total. The van der Waals surface area contributed by atoms with Gasteiger partial charge in [0.15, 0.2) is 11.5 Å². The van der Waals surface area contributed by atoms with Gasteiger partial charge in [-0.3, -0.25) is 9.78 Å². The van der Waals surface area contributed by atoms with Gasteiger partial charge in [0.05, 0.1) is 25.3 Å². The third kappa shape index (κ3) is 6.46. The average Bonchev–Trinajstić information content (AvgIpc) is 3.11. The van der Waals surface area contributed by atoms with Crippen molar-refractivity contribution in [2.45, 2.75) is 51.7 Å². The molecule has 0 aromatic heterocycles. The quantitative estimate of drug-likeness (QED) is 0.0838. The summed E-state index contributed by atoms with van der Waals surface area (Å²) < 4.78 is 19.9. The zero-order valence-corrected chi connectivity index (χ0v) is 27.8. The molecule has 246 valence electrons. The van der Waals surface area contributed by atoms with E-state index in [0.29, 0.717) is 24.5 Å². The number of H-pyrrole nitrogens is 1. The molecule has 4 aromatic rings. The monoisotopic (exact) mass is 644 g/mol. The third-order valence-corrected chi connectivity index (χ3v) is 8.99. The fraction of sp³-hybridized carbons (Fsp3) is 0.282. The molecular formula is C39H40N4O5. The number of ether oxygens (including phenoxy) is 3. The predicted molar refractivity (Wildman–Crippen MR) is 187 cm³/mol. The third-order valence-electron chi connectivity index (χ3n) is 8.99. The highest BCUT2D eigenvalue weighted by Gasteiger charge is 2.37. The van der Waals surface area contributed by atoms with Crippen LogP contribution in [0.2, 0.25) is 0 Å². The summed E-state index contributed by atoms with van der Waals surface area (Å²) in [4.78, 5) is 35.8. The van der Waals surface area contributed by atoms with Gasteiger partial charge in [-0.2, -0.15) is 4.98 Å². The van der Waals surface area contributed by atoms with Crippen molar-refractivity contribution in [3.63, 3.8) is 0 Å². The van der Waals surface area contributed by atoms with Gasteiger partial charge in [0.25, 0.3) is 5.56 Å². The van der Waals surface area contributed by atoms with Crippen molar-refractivity contribution in [1.82, 2.24) is 19.5 Å². The van der Waals surface area contributed by atoms with Gasteiger partial charge >= 0.3 is 5.69 Å². The molecule has 0 saturated heterocycles. The van der Waals surface area contributed by atoms with Crippen LogP contribution in [0, 0.1) is 13.8 Å². The van der Waals surface area contributed by atoms with E-state index in [2.05, 4.69) is 57.4 Å². The highest BCUT2D eigenvalue weighted by atomic mass is 16.5. The second-order valence-electron chi connectivity index (χ2n) is 12.0. The number of hydrogen-bond donors (Lipinski definition) is 1. The van der Waals surface area contributed by atoms with Gasteiger partial charge < -0.3 is 18.8 Å². The van der Waals surface area contributed by atoms with Gasteiger partial charge in [0.2, 0.25) is 0 Å². The maximum atomic E-state index is 12.7. The Balaban J connectivity index is 1.22. The van der Waals surface area contributed by atoms with Crippen LogP contribution in [0.5, 0.6) is 11.5 Å². The van der Waals surface area contributed by atoms with E-state index in [0.717, 1.165) is 70.5 Å². The normalized spacial score (nSPS) is 11.7. The van der Waals surface area contributed by atoms with Crippen molar-refractivity contribution in [3.8, 4) is 23.0 Å². The molecule has 0 unspecified atom stereocenters. The predicted octanol–water partition coefficient (Wildman–Crippen LogP) is 6.79. The lowest BCUT2D eigenvalue weighted by atomic mass is 9.80. The smallest absolute Gasteiger partial charge is 0.349 e.